The van der Waals surface area contributed by atoms with Gasteiger partial charge in [0.15, 0.2) is 0 Å². The number of carbonyl (C=O) groups is 1. The van der Waals surface area contributed by atoms with Gasteiger partial charge in [-0.15, -0.1) is 0 Å². The summed E-state index contributed by atoms with van der Waals surface area (Å²) < 4.78 is 8.22. The summed E-state index contributed by atoms with van der Waals surface area (Å²) in [5.41, 5.74) is 4.52. The highest BCUT2D eigenvalue weighted by molar-refractivity contribution is 5.97. The number of ether oxygens (including phenoxy) is 1. The maximum absolute atomic E-state index is 12.8. The van der Waals surface area contributed by atoms with Crippen LogP contribution in [-0.2, 0) is 18.3 Å². The molecule has 2 atom stereocenters. The molecule has 0 aliphatic carbocycles. The van der Waals surface area contributed by atoms with Crippen molar-refractivity contribution in [1.82, 2.24) is 20.0 Å². The largest absolute Gasteiger partial charge is 0.489 e. The number of nitrogens with one attached hydrogen (secondary N) is 1. The number of fused-ring (bicyclic) bond motifs is 5. The summed E-state index contributed by atoms with van der Waals surface area (Å²) in [6.45, 7) is 1.42. The van der Waals surface area contributed by atoms with Gasteiger partial charge in [0.25, 0.3) is 0 Å². The third-order valence-electron chi connectivity index (χ3n) is 6.10. The van der Waals surface area contributed by atoms with E-state index in [4.69, 9.17) is 9.84 Å². The monoisotopic (exact) mass is 390 g/mol. The van der Waals surface area contributed by atoms with Crippen molar-refractivity contribution in [3.63, 3.8) is 0 Å². The van der Waals surface area contributed by atoms with E-state index >= 15 is 0 Å². The predicted octanol–water partition coefficient (Wildman–Crippen LogP) is 2.75. The van der Waals surface area contributed by atoms with Crippen molar-refractivity contribution >= 4 is 16.8 Å². The number of nitrogens with zero attached hydrogens (tertiary/aromatic N) is 3. The van der Waals surface area contributed by atoms with E-state index in [1.54, 1.807) is 0 Å². The molecule has 29 heavy (non-hydrogen) atoms. The first-order valence-corrected chi connectivity index (χ1v) is 10.3. The Balaban J connectivity index is 1.62. The normalized spacial score (nSPS) is 22.3. The molecular weight excluding hydrogens is 364 g/mol. The van der Waals surface area contributed by atoms with Crippen molar-refractivity contribution in [3.8, 4) is 16.9 Å². The second-order valence-corrected chi connectivity index (χ2v) is 8.10. The number of amides is 1. The van der Waals surface area contributed by atoms with E-state index in [0.717, 1.165) is 36.2 Å². The average molecular weight is 390 g/mol. The predicted molar refractivity (Wildman–Crippen MR) is 113 cm³/mol. The summed E-state index contributed by atoms with van der Waals surface area (Å²) in [7, 11) is 3.90. The lowest BCUT2D eigenvalue weighted by Crippen LogP contribution is -2.42. The molecule has 150 valence electrons. The Morgan fingerprint density at radius 3 is 2.93 bits per heavy atom. The fraction of sp³-hybridized carbons (Fsp3) is 0.391. The molecule has 2 aliphatic rings. The molecule has 4 bridgehead atoms. The van der Waals surface area contributed by atoms with E-state index in [1.807, 2.05) is 35.8 Å². The second-order valence-electron chi connectivity index (χ2n) is 8.10. The molecular formula is C23H26N4O2. The molecule has 0 radical (unpaired) electrons. The molecule has 2 aliphatic heterocycles. The number of hydrogen-bond donors (Lipinski definition) is 1. The minimum atomic E-state index is -0.168. The van der Waals surface area contributed by atoms with Gasteiger partial charge in [-0.25, -0.2) is 0 Å². The third kappa shape index (κ3) is 3.27. The van der Waals surface area contributed by atoms with Gasteiger partial charge in [-0.2, -0.15) is 5.10 Å². The van der Waals surface area contributed by atoms with Crippen LogP contribution >= 0.6 is 0 Å². The van der Waals surface area contributed by atoms with Crippen LogP contribution in [0.4, 0.5) is 0 Å². The molecule has 6 nitrogen and oxygen atoms in total. The SMILES string of the molecule is CN1CCCc2c3c(cccc3nn2C)-c2cccc(c2)O[C@@H]2CN[C@@H](C2)C1=O. The first-order valence-electron chi connectivity index (χ1n) is 10.3. The number of carbonyl (C=O) groups excluding carboxylic acids is 1. The highest BCUT2D eigenvalue weighted by atomic mass is 16.5. The number of aromatic nitrogens is 2. The van der Waals surface area contributed by atoms with Gasteiger partial charge in [-0.3, -0.25) is 9.48 Å². The average Bonchev–Trinajstić information content (AvgIpc) is 3.31. The maximum atomic E-state index is 12.8. The first-order chi connectivity index (χ1) is 14.1. The smallest absolute Gasteiger partial charge is 0.239 e. The van der Waals surface area contributed by atoms with Crippen LogP contribution < -0.4 is 10.1 Å². The number of rotatable bonds is 0. The summed E-state index contributed by atoms with van der Waals surface area (Å²) in [5.74, 6) is 0.989. The lowest BCUT2D eigenvalue weighted by molar-refractivity contribution is -0.131. The van der Waals surface area contributed by atoms with Crippen LogP contribution in [0, 0.1) is 0 Å². The Hall–Kier alpha value is -2.86. The Labute approximate surface area is 170 Å². The van der Waals surface area contributed by atoms with Crippen LogP contribution in [0.2, 0.25) is 0 Å². The summed E-state index contributed by atoms with van der Waals surface area (Å²) in [4.78, 5) is 14.7. The third-order valence-corrected chi connectivity index (χ3v) is 6.10. The van der Waals surface area contributed by atoms with Crippen LogP contribution in [0.25, 0.3) is 22.0 Å². The summed E-state index contributed by atoms with van der Waals surface area (Å²) in [5, 5.41) is 9.26. The molecule has 0 spiro atoms. The lowest BCUT2D eigenvalue weighted by Gasteiger charge is -2.21. The van der Waals surface area contributed by atoms with E-state index < -0.39 is 0 Å². The Kier molecular flexibility index (Phi) is 4.51. The van der Waals surface area contributed by atoms with E-state index in [-0.39, 0.29) is 18.1 Å². The van der Waals surface area contributed by atoms with Gasteiger partial charge in [-0.1, -0.05) is 24.3 Å². The van der Waals surface area contributed by atoms with Crippen molar-refractivity contribution in [2.24, 2.45) is 7.05 Å². The van der Waals surface area contributed by atoms with Crippen molar-refractivity contribution in [1.29, 1.82) is 0 Å². The van der Waals surface area contributed by atoms with Crippen molar-refractivity contribution in [2.75, 3.05) is 20.1 Å². The highest BCUT2D eigenvalue weighted by Gasteiger charge is 2.32. The zero-order chi connectivity index (χ0) is 20.0. The van der Waals surface area contributed by atoms with Gasteiger partial charge < -0.3 is 15.0 Å². The molecule has 6 heteroatoms. The van der Waals surface area contributed by atoms with Crippen LogP contribution in [0.3, 0.4) is 0 Å². The molecule has 3 aromatic rings. The number of hydrogen-bond acceptors (Lipinski definition) is 4. The maximum Gasteiger partial charge on any atom is 0.239 e. The molecule has 0 saturated carbocycles. The minimum absolute atomic E-state index is 0.00229. The summed E-state index contributed by atoms with van der Waals surface area (Å²) in [6, 6.07) is 14.4. The number of benzene rings is 2. The molecule has 0 unspecified atom stereocenters. The van der Waals surface area contributed by atoms with Gasteiger partial charge in [0.05, 0.1) is 11.6 Å². The Morgan fingerprint density at radius 1 is 1.17 bits per heavy atom. The van der Waals surface area contributed by atoms with Crippen LogP contribution in [0.15, 0.2) is 42.5 Å². The molecule has 1 amide bonds. The zero-order valence-corrected chi connectivity index (χ0v) is 16.9. The van der Waals surface area contributed by atoms with Gasteiger partial charge in [0.2, 0.25) is 5.91 Å². The molecule has 2 aromatic carbocycles. The minimum Gasteiger partial charge on any atom is -0.489 e. The molecule has 3 heterocycles. The molecule has 1 aromatic heterocycles. The summed E-state index contributed by atoms with van der Waals surface area (Å²) >= 11 is 0. The quantitative estimate of drug-likeness (QED) is 0.641. The first kappa shape index (κ1) is 18.2. The van der Waals surface area contributed by atoms with Gasteiger partial charge in [0.1, 0.15) is 11.9 Å². The Morgan fingerprint density at radius 2 is 2.03 bits per heavy atom. The standard InChI is InChI=1S/C23H26N4O2/c1-26-11-5-10-21-22-18(8-4-9-19(22)25-27(21)2)15-6-3-7-16(12-15)29-17-13-20(23(26)28)24-14-17/h3-4,6-9,12,17,20,24H,5,10-11,13-14H2,1-2H3/t17-,20-/m0/s1. The van der Waals surface area contributed by atoms with Crippen LogP contribution in [0.5, 0.6) is 5.75 Å². The lowest BCUT2D eigenvalue weighted by atomic mass is 9.98. The van der Waals surface area contributed by atoms with Crippen LogP contribution in [0.1, 0.15) is 18.5 Å². The molecule has 5 rings (SSSR count). The number of aryl methyl sites for hydroxylation is 2. The van der Waals surface area contributed by atoms with Gasteiger partial charge in [-0.05, 0) is 42.2 Å². The van der Waals surface area contributed by atoms with Gasteiger partial charge in [0, 0.05) is 44.7 Å². The van der Waals surface area contributed by atoms with E-state index in [0.29, 0.717) is 13.0 Å². The summed E-state index contributed by atoms with van der Waals surface area (Å²) in [6.07, 6.45) is 2.48. The number of likely N-dealkylation sites (N-methyl/N-ethyl adjacent to an activating group) is 1. The van der Waals surface area contributed by atoms with E-state index in [2.05, 4.69) is 35.6 Å². The fourth-order valence-electron chi connectivity index (χ4n) is 4.61. The highest BCUT2D eigenvalue weighted by Crippen LogP contribution is 2.34. The fourth-order valence-corrected chi connectivity index (χ4v) is 4.61. The second kappa shape index (κ2) is 7.19. The molecule has 1 fully saturated rings. The van der Waals surface area contributed by atoms with Crippen molar-refractivity contribution < 1.29 is 9.53 Å². The van der Waals surface area contributed by atoms with Crippen molar-refractivity contribution in [2.45, 2.75) is 31.4 Å². The Bertz CT molecular complexity index is 1070. The topological polar surface area (TPSA) is 59.4 Å². The zero-order valence-electron chi connectivity index (χ0n) is 16.9. The van der Waals surface area contributed by atoms with Gasteiger partial charge >= 0.3 is 0 Å². The van der Waals surface area contributed by atoms with Crippen molar-refractivity contribution in [3.05, 3.63) is 48.2 Å². The van der Waals surface area contributed by atoms with E-state index in [1.165, 1.54) is 16.6 Å². The molecule has 1 N–H and O–H groups in total. The van der Waals surface area contributed by atoms with Crippen LogP contribution in [-0.4, -0.2) is 52.9 Å². The molecule has 1 saturated heterocycles. The van der Waals surface area contributed by atoms with E-state index in [9.17, 15) is 4.79 Å².